The molecule has 0 saturated carbocycles. The van der Waals surface area contributed by atoms with E-state index in [9.17, 15) is 17.6 Å². The second kappa shape index (κ2) is 6.01. The van der Waals surface area contributed by atoms with Gasteiger partial charge in [0.2, 0.25) is 0 Å². The van der Waals surface area contributed by atoms with Gasteiger partial charge in [-0.2, -0.15) is 13.2 Å². The maximum Gasteiger partial charge on any atom is 0.416 e. The zero-order valence-electron chi connectivity index (χ0n) is 10.6. The fourth-order valence-electron chi connectivity index (χ4n) is 2.00. The molecule has 2 nitrogen and oxygen atoms in total. The highest BCUT2D eigenvalue weighted by Gasteiger charge is 2.31. The van der Waals surface area contributed by atoms with E-state index in [4.69, 9.17) is 17.4 Å². The summed E-state index contributed by atoms with van der Waals surface area (Å²) in [5.41, 5.74) is 2.27. The van der Waals surface area contributed by atoms with Crippen molar-refractivity contribution in [2.45, 2.75) is 12.2 Å². The first kappa shape index (κ1) is 15.8. The molecular weight excluding hydrogens is 308 g/mol. The van der Waals surface area contributed by atoms with Crippen molar-refractivity contribution in [1.82, 2.24) is 5.43 Å². The highest BCUT2D eigenvalue weighted by Crippen LogP contribution is 2.33. The predicted octanol–water partition coefficient (Wildman–Crippen LogP) is 4.05. The van der Waals surface area contributed by atoms with Gasteiger partial charge in [0.25, 0.3) is 0 Å². The lowest BCUT2D eigenvalue weighted by atomic mass is 9.97. The first-order valence-electron chi connectivity index (χ1n) is 5.91. The highest BCUT2D eigenvalue weighted by molar-refractivity contribution is 6.31. The number of alkyl halides is 3. The van der Waals surface area contributed by atoms with Gasteiger partial charge in [-0.15, -0.1) is 0 Å². The molecule has 0 aromatic heterocycles. The first-order chi connectivity index (χ1) is 9.82. The molecule has 2 rings (SSSR count). The topological polar surface area (TPSA) is 38.0 Å². The van der Waals surface area contributed by atoms with E-state index in [1.807, 2.05) is 0 Å². The zero-order chi connectivity index (χ0) is 15.6. The molecule has 0 amide bonds. The molecule has 0 saturated heterocycles. The van der Waals surface area contributed by atoms with Crippen LogP contribution in [0.25, 0.3) is 0 Å². The van der Waals surface area contributed by atoms with Crippen molar-refractivity contribution in [3.8, 4) is 0 Å². The fourth-order valence-corrected chi connectivity index (χ4v) is 2.27. The van der Waals surface area contributed by atoms with E-state index in [0.717, 1.165) is 18.2 Å². The minimum absolute atomic E-state index is 0.0790. The molecule has 0 radical (unpaired) electrons. The standard InChI is InChI=1S/C14H11ClF4N2/c15-12-7-10(16)4-5-11(12)13(21-20)8-2-1-3-9(6-8)14(17,18)19/h1-7,13,21H,20H2. The Morgan fingerprint density at radius 1 is 1.10 bits per heavy atom. The van der Waals surface area contributed by atoms with E-state index in [2.05, 4.69) is 5.43 Å². The third-order valence-corrected chi connectivity index (χ3v) is 3.31. The second-order valence-electron chi connectivity index (χ2n) is 4.39. The van der Waals surface area contributed by atoms with Gasteiger partial charge in [-0.1, -0.05) is 29.8 Å². The Hall–Kier alpha value is -1.63. The van der Waals surface area contributed by atoms with Crippen molar-refractivity contribution in [2.75, 3.05) is 0 Å². The van der Waals surface area contributed by atoms with Crippen molar-refractivity contribution in [1.29, 1.82) is 0 Å². The van der Waals surface area contributed by atoms with Crippen molar-refractivity contribution in [3.05, 3.63) is 70.0 Å². The Labute approximate surface area is 123 Å². The van der Waals surface area contributed by atoms with Crippen LogP contribution in [0.5, 0.6) is 0 Å². The van der Waals surface area contributed by atoms with Gasteiger partial charge in [0, 0.05) is 5.02 Å². The average Bonchev–Trinajstić information content (AvgIpc) is 2.41. The van der Waals surface area contributed by atoms with Gasteiger partial charge in [0.05, 0.1) is 11.6 Å². The van der Waals surface area contributed by atoms with E-state index >= 15 is 0 Å². The van der Waals surface area contributed by atoms with E-state index < -0.39 is 23.6 Å². The molecule has 0 aliphatic heterocycles. The minimum Gasteiger partial charge on any atom is -0.271 e. The third kappa shape index (κ3) is 3.53. The summed E-state index contributed by atoms with van der Waals surface area (Å²) < 4.78 is 51.3. The summed E-state index contributed by atoms with van der Waals surface area (Å²) in [5, 5.41) is 0.0790. The van der Waals surface area contributed by atoms with Crippen molar-refractivity contribution in [3.63, 3.8) is 0 Å². The van der Waals surface area contributed by atoms with Crippen LogP contribution in [-0.4, -0.2) is 0 Å². The number of hydrogen-bond donors (Lipinski definition) is 2. The third-order valence-electron chi connectivity index (χ3n) is 2.99. The molecule has 0 aliphatic rings. The second-order valence-corrected chi connectivity index (χ2v) is 4.80. The molecule has 2 aromatic rings. The Bertz CT molecular complexity index is 643. The molecule has 0 fully saturated rings. The van der Waals surface area contributed by atoms with Gasteiger partial charge in [0.15, 0.2) is 0 Å². The smallest absolute Gasteiger partial charge is 0.271 e. The van der Waals surface area contributed by atoms with Crippen LogP contribution in [-0.2, 0) is 6.18 Å². The van der Waals surface area contributed by atoms with Gasteiger partial charge in [-0.3, -0.25) is 5.84 Å². The van der Waals surface area contributed by atoms with Crippen molar-refractivity contribution < 1.29 is 17.6 Å². The number of halogens is 5. The van der Waals surface area contributed by atoms with Crippen LogP contribution in [0.3, 0.4) is 0 Å². The molecule has 3 N–H and O–H groups in total. The lowest BCUT2D eigenvalue weighted by molar-refractivity contribution is -0.137. The summed E-state index contributed by atoms with van der Waals surface area (Å²) in [6.45, 7) is 0. The number of rotatable bonds is 3. The maximum atomic E-state index is 13.1. The van der Waals surface area contributed by atoms with E-state index in [1.54, 1.807) is 0 Å². The summed E-state index contributed by atoms with van der Waals surface area (Å²) in [5.74, 6) is 4.88. The van der Waals surface area contributed by atoms with Crippen LogP contribution in [0, 0.1) is 5.82 Å². The van der Waals surface area contributed by atoms with Gasteiger partial charge < -0.3 is 0 Å². The monoisotopic (exact) mass is 318 g/mol. The van der Waals surface area contributed by atoms with Crippen molar-refractivity contribution in [2.24, 2.45) is 5.84 Å². The lowest BCUT2D eigenvalue weighted by Gasteiger charge is -2.19. The predicted molar refractivity (Wildman–Crippen MR) is 72.0 cm³/mol. The summed E-state index contributed by atoms with van der Waals surface area (Å²) in [4.78, 5) is 0. The zero-order valence-corrected chi connectivity index (χ0v) is 11.3. The van der Waals surface area contributed by atoms with Crippen LogP contribution < -0.4 is 11.3 Å². The molecular formula is C14H11ClF4N2. The molecule has 0 bridgehead atoms. The molecule has 1 atom stereocenters. The molecule has 112 valence electrons. The molecule has 1 unspecified atom stereocenters. The molecule has 0 spiro atoms. The first-order valence-corrected chi connectivity index (χ1v) is 6.29. The van der Waals surface area contributed by atoms with Crippen LogP contribution in [0.15, 0.2) is 42.5 Å². The summed E-state index contributed by atoms with van der Waals surface area (Å²) in [6, 6.07) is 7.55. The quantitative estimate of drug-likeness (QED) is 0.509. The molecule has 2 aromatic carbocycles. The number of nitrogens with two attached hydrogens (primary N) is 1. The molecule has 7 heteroatoms. The molecule has 0 heterocycles. The Morgan fingerprint density at radius 2 is 1.81 bits per heavy atom. The van der Waals surface area contributed by atoms with Gasteiger partial charge in [-0.25, -0.2) is 9.82 Å². The SMILES string of the molecule is NNC(c1cccc(C(F)(F)F)c1)c1ccc(F)cc1Cl. The average molecular weight is 319 g/mol. The largest absolute Gasteiger partial charge is 0.416 e. The van der Waals surface area contributed by atoms with Crippen molar-refractivity contribution >= 4 is 11.6 Å². The molecule has 0 aliphatic carbocycles. The van der Waals surface area contributed by atoms with Crippen LogP contribution >= 0.6 is 11.6 Å². The van der Waals surface area contributed by atoms with Crippen LogP contribution in [0.1, 0.15) is 22.7 Å². The Morgan fingerprint density at radius 3 is 2.38 bits per heavy atom. The molecule has 21 heavy (non-hydrogen) atoms. The van der Waals surface area contributed by atoms with Gasteiger partial charge in [0.1, 0.15) is 5.82 Å². The fraction of sp³-hybridized carbons (Fsp3) is 0.143. The van der Waals surface area contributed by atoms with Crippen LogP contribution in [0.4, 0.5) is 17.6 Å². The number of hydrazine groups is 1. The maximum absolute atomic E-state index is 13.1. The minimum atomic E-state index is -4.46. The van der Waals surface area contributed by atoms with Gasteiger partial charge in [-0.05, 0) is 35.4 Å². The number of nitrogens with one attached hydrogen (secondary N) is 1. The summed E-state index contributed by atoms with van der Waals surface area (Å²) in [6.07, 6.45) is -4.46. The van der Waals surface area contributed by atoms with Gasteiger partial charge >= 0.3 is 6.18 Å². The normalized spacial score (nSPS) is 13.2. The van der Waals surface area contributed by atoms with E-state index in [-0.39, 0.29) is 10.6 Å². The Kier molecular flexibility index (Phi) is 4.51. The lowest BCUT2D eigenvalue weighted by Crippen LogP contribution is -2.29. The van der Waals surface area contributed by atoms with E-state index in [1.165, 1.54) is 24.3 Å². The Balaban J connectivity index is 2.47. The highest BCUT2D eigenvalue weighted by atomic mass is 35.5. The summed E-state index contributed by atoms with van der Waals surface area (Å²) >= 11 is 5.92. The van der Waals surface area contributed by atoms with Crippen LogP contribution in [0.2, 0.25) is 5.02 Å². The summed E-state index contributed by atoms with van der Waals surface area (Å²) in [7, 11) is 0. The van der Waals surface area contributed by atoms with E-state index in [0.29, 0.717) is 5.56 Å². The number of hydrogen-bond acceptors (Lipinski definition) is 2. The number of benzene rings is 2.